The summed E-state index contributed by atoms with van der Waals surface area (Å²) in [6.07, 6.45) is 4.91. The molecule has 27 heavy (non-hydrogen) atoms. The molecule has 3 heterocycles. The summed E-state index contributed by atoms with van der Waals surface area (Å²) in [6.45, 7) is 2.60. The average Bonchev–Trinajstić information content (AvgIpc) is 3.05. The van der Waals surface area contributed by atoms with Crippen molar-refractivity contribution in [3.8, 4) is 11.1 Å². The van der Waals surface area contributed by atoms with Gasteiger partial charge >= 0.3 is 6.18 Å². The number of dihydropyridines is 1. The summed E-state index contributed by atoms with van der Waals surface area (Å²) in [5.74, 6) is 0. The lowest BCUT2D eigenvalue weighted by molar-refractivity contribution is -0.137. The summed E-state index contributed by atoms with van der Waals surface area (Å²) in [7, 11) is 0. The zero-order valence-electron chi connectivity index (χ0n) is 14.5. The SMILES string of the molecule is CC1C=CC(Cn2ncc3ncc(-c4cccc(C(F)(F)F)c4)cc32)=CN1. The predicted octanol–water partition coefficient (Wildman–Crippen LogP) is 4.55. The minimum Gasteiger partial charge on any atom is -0.385 e. The van der Waals surface area contributed by atoms with Crippen molar-refractivity contribution < 1.29 is 13.2 Å². The van der Waals surface area contributed by atoms with Crippen molar-refractivity contribution in [2.45, 2.75) is 25.7 Å². The van der Waals surface area contributed by atoms with Crippen LogP contribution >= 0.6 is 0 Å². The van der Waals surface area contributed by atoms with Gasteiger partial charge in [0, 0.05) is 24.0 Å². The maximum atomic E-state index is 13.0. The Bertz CT molecular complexity index is 1050. The Balaban J connectivity index is 1.69. The molecule has 7 heteroatoms. The monoisotopic (exact) mass is 370 g/mol. The van der Waals surface area contributed by atoms with Gasteiger partial charge in [-0.15, -0.1) is 0 Å². The van der Waals surface area contributed by atoms with E-state index in [4.69, 9.17) is 0 Å². The number of nitrogens with zero attached hydrogens (tertiary/aromatic N) is 3. The molecule has 1 aromatic carbocycles. The quantitative estimate of drug-likeness (QED) is 0.736. The fourth-order valence-corrected chi connectivity index (χ4v) is 3.00. The summed E-state index contributed by atoms with van der Waals surface area (Å²) >= 11 is 0. The van der Waals surface area contributed by atoms with Gasteiger partial charge in [0.1, 0.15) is 5.52 Å². The summed E-state index contributed by atoms with van der Waals surface area (Å²) in [4.78, 5) is 4.36. The van der Waals surface area contributed by atoms with Gasteiger partial charge in [-0.3, -0.25) is 9.67 Å². The Kier molecular flexibility index (Phi) is 4.22. The van der Waals surface area contributed by atoms with Gasteiger partial charge < -0.3 is 5.32 Å². The minimum atomic E-state index is -4.38. The topological polar surface area (TPSA) is 42.7 Å². The highest BCUT2D eigenvalue weighted by Gasteiger charge is 2.30. The molecule has 1 aliphatic heterocycles. The highest BCUT2D eigenvalue weighted by atomic mass is 19.4. The smallest absolute Gasteiger partial charge is 0.385 e. The predicted molar refractivity (Wildman–Crippen MR) is 97.8 cm³/mol. The lowest BCUT2D eigenvalue weighted by Gasteiger charge is -2.15. The number of allylic oxidation sites excluding steroid dienone is 2. The number of halogens is 3. The number of aromatic nitrogens is 3. The van der Waals surface area contributed by atoms with E-state index in [9.17, 15) is 13.2 Å². The average molecular weight is 370 g/mol. The number of rotatable bonds is 3. The highest BCUT2D eigenvalue weighted by molar-refractivity contribution is 5.80. The Morgan fingerprint density at radius 3 is 2.74 bits per heavy atom. The Hall–Kier alpha value is -3.09. The minimum absolute atomic E-state index is 0.289. The zero-order valence-corrected chi connectivity index (χ0v) is 14.5. The highest BCUT2D eigenvalue weighted by Crippen LogP contribution is 2.32. The molecule has 3 aromatic rings. The van der Waals surface area contributed by atoms with Gasteiger partial charge in [0.2, 0.25) is 0 Å². The molecule has 1 unspecified atom stereocenters. The van der Waals surface area contributed by atoms with Crippen LogP contribution in [0.2, 0.25) is 0 Å². The van der Waals surface area contributed by atoms with Crippen molar-refractivity contribution in [2.24, 2.45) is 0 Å². The van der Waals surface area contributed by atoms with E-state index in [1.807, 2.05) is 18.3 Å². The third-order valence-electron chi connectivity index (χ3n) is 4.48. The van der Waals surface area contributed by atoms with Gasteiger partial charge in [-0.05, 0) is 36.3 Å². The van der Waals surface area contributed by atoms with Crippen LogP contribution < -0.4 is 5.32 Å². The van der Waals surface area contributed by atoms with Crippen LogP contribution in [0, 0.1) is 0 Å². The lowest BCUT2D eigenvalue weighted by atomic mass is 10.0. The van der Waals surface area contributed by atoms with Crippen molar-refractivity contribution in [2.75, 3.05) is 0 Å². The molecule has 4 nitrogen and oxygen atoms in total. The Labute approximate surface area is 154 Å². The summed E-state index contributed by atoms with van der Waals surface area (Å²) < 4.78 is 40.8. The third kappa shape index (κ3) is 3.58. The van der Waals surface area contributed by atoms with Crippen LogP contribution in [0.1, 0.15) is 12.5 Å². The molecule has 0 spiro atoms. The summed E-state index contributed by atoms with van der Waals surface area (Å²) in [6, 6.07) is 7.38. The van der Waals surface area contributed by atoms with Crippen LogP contribution in [-0.4, -0.2) is 20.8 Å². The second kappa shape index (κ2) is 6.57. The van der Waals surface area contributed by atoms with E-state index >= 15 is 0 Å². The fourth-order valence-electron chi connectivity index (χ4n) is 3.00. The molecule has 0 radical (unpaired) electrons. The van der Waals surface area contributed by atoms with Crippen LogP contribution in [0.25, 0.3) is 22.2 Å². The maximum absolute atomic E-state index is 13.0. The Morgan fingerprint density at radius 1 is 1.15 bits per heavy atom. The van der Waals surface area contributed by atoms with Gasteiger partial charge in [0.25, 0.3) is 0 Å². The van der Waals surface area contributed by atoms with Gasteiger partial charge in [-0.25, -0.2) is 0 Å². The molecule has 0 saturated carbocycles. The number of benzene rings is 1. The van der Waals surface area contributed by atoms with Crippen molar-refractivity contribution in [3.63, 3.8) is 0 Å². The van der Waals surface area contributed by atoms with Crippen LogP contribution in [0.4, 0.5) is 13.2 Å². The largest absolute Gasteiger partial charge is 0.416 e. The number of hydrogen-bond donors (Lipinski definition) is 1. The number of hydrogen-bond acceptors (Lipinski definition) is 3. The van der Waals surface area contributed by atoms with Crippen LogP contribution in [0.5, 0.6) is 0 Å². The zero-order chi connectivity index (χ0) is 19.0. The second-order valence-corrected chi connectivity index (χ2v) is 6.54. The van der Waals surface area contributed by atoms with E-state index in [-0.39, 0.29) is 6.04 Å². The number of pyridine rings is 1. The third-order valence-corrected chi connectivity index (χ3v) is 4.48. The van der Waals surface area contributed by atoms with E-state index in [1.54, 1.807) is 23.1 Å². The standard InChI is InChI=1S/C20H17F3N4/c1-13-5-6-14(9-24-13)12-27-19-8-16(10-25-18(19)11-26-27)15-3-2-4-17(7-15)20(21,22)23/h2-11,13,24H,12H2,1H3. The second-order valence-electron chi connectivity index (χ2n) is 6.54. The molecular formula is C20H17F3N4. The first-order valence-electron chi connectivity index (χ1n) is 8.53. The molecule has 0 amide bonds. The molecule has 0 bridgehead atoms. The molecule has 2 aromatic heterocycles. The van der Waals surface area contributed by atoms with E-state index in [0.717, 1.165) is 23.2 Å². The molecule has 0 fully saturated rings. The maximum Gasteiger partial charge on any atom is 0.416 e. The molecule has 1 atom stereocenters. The first kappa shape index (κ1) is 17.3. The molecule has 4 rings (SSSR count). The first-order chi connectivity index (χ1) is 12.9. The number of nitrogens with one attached hydrogen (secondary N) is 1. The van der Waals surface area contributed by atoms with E-state index < -0.39 is 11.7 Å². The molecule has 0 aliphatic carbocycles. The molecular weight excluding hydrogens is 353 g/mol. The molecule has 138 valence electrons. The molecule has 1 aliphatic rings. The van der Waals surface area contributed by atoms with Gasteiger partial charge in [0.05, 0.1) is 23.8 Å². The molecule has 0 saturated heterocycles. The van der Waals surface area contributed by atoms with Gasteiger partial charge in [-0.1, -0.05) is 24.3 Å². The van der Waals surface area contributed by atoms with Gasteiger partial charge in [-0.2, -0.15) is 18.3 Å². The van der Waals surface area contributed by atoms with Crippen LogP contribution in [0.15, 0.2) is 66.7 Å². The summed E-state index contributed by atoms with van der Waals surface area (Å²) in [5.41, 5.74) is 2.95. The fraction of sp³-hybridized carbons (Fsp3) is 0.200. The van der Waals surface area contributed by atoms with E-state index in [1.165, 1.54) is 6.07 Å². The van der Waals surface area contributed by atoms with Crippen LogP contribution in [0.3, 0.4) is 0 Å². The van der Waals surface area contributed by atoms with Crippen LogP contribution in [-0.2, 0) is 12.7 Å². The lowest BCUT2D eigenvalue weighted by Crippen LogP contribution is -2.21. The van der Waals surface area contributed by atoms with Crippen molar-refractivity contribution in [1.29, 1.82) is 0 Å². The van der Waals surface area contributed by atoms with Crippen molar-refractivity contribution in [1.82, 2.24) is 20.1 Å². The van der Waals surface area contributed by atoms with Crippen molar-refractivity contribution >= 4 is 11.0 Å². The van der Waals surface area contributed by atoms with E-state index in [0.29, 0.717) is 23.2 Å². The van der Waals surface area contributed by atoms with Gasteiger partial charge in [0.15, 0.2) is 0 Å². The molecule has 1 N–H and O–H groups in total. The normalized spacial score (nSPS) is 17.0. The number of alkyl halides is 3. The first-order valence-corrected chi connectivity index (χ1v) is 8.53. The Morgan fingerprint density at radius 2 is 2.00 bits per heavy atom. The number of fused-ring (bicyclic) bond motifs is 1. The summed E-state index contributed by atoms with van der Waals surface area (Å²) in [5, 5.41) is 7.61. The van der Waals surface area contributed by atoms with Crippen molar-refractivity contribution in [3.05, 3.63) is 72.2 Å². The van der Waals surface area contributed by atoms with E-state index in [2.05, 4.69) is 28.4 Å².